The Balaban J connectivity index is 1.92. The highest BCUT2D eigenvalue weighted by Gasteiger charge is 2.33. The van der Waals surface area contributed by atoms with E-state index in [1.165, 1.54) is 17.4 Å². The highest BCUT2D eigenvalue weighted by atomic mass is 32.1. The normalized spacial score (nSPS) is 15.7. The Bertz CT molecular complexity index is 1370. The monoisotopic (exact) mass is 446 g/mol. The van der Waals surface area contributed by atoms with Crippen LogP contribution in [0.1, 0.15) is 24.1 Å². The zero-order valence-corrected chi connectivity index (χ0v) is 18.6. The standard InChI is InChI=1S/C25H22N2O4S/c1-4-14-31-24(29)21-16(2)26-25-27(22(21)18-10-12-19(30-3)13-11-18)23(28)20(32-25)15-17-8-6-5-7-9-17/h4-13,15,22H,1,14H2,2-3H3/b20-15+/t22-/m0/s1. The average Bonchev–Trinajstić information content (AvgIpc) is 3.11. The van der Waals surface area contributed by atoms with Gasteiger partial charge in [-0.3, -0.25) is 9.36 Å². The van der Waals surface area contributed by atoms with Crippen molar-refractivity contribution in [1.29, 1.82) is 0 Å². The topological polar surface area (TPSA) is 69.9 Å². The molecule has 0 fully saturated rings. The summed E-state index contributed by atoms with van der Waals surface area (Å²) >= 11 is 1.30. The van der Waals surface area contributed by atoms with Gasteiger partial charge < -0.3 is 9.47 Å². The number of aromatic nitrogens is 1. The van der Waals surface area contributed by atoms with Gasteiger partial charge in [-0.2, -0.15) is 0 Å². The number of methoxy groups -OCH3 is 1. The van der Waals surface area contributed by atoms with Crippen molar-refractivity contribution in [2.75, 3.05) is 13.7 Å². The van der Waals surface area contributed by atoms with E-state index >= 15 is 0 Å². The Morgan fingerprint density at radius 1 is 1.19 bits per heavy atom. The first-order valence-electron chi connectivity index (χ1n) is 10.0. The van der Waals surface area contributed by atoms with E-state index in [2.05, 4.69) is 11.6 Å². The van der Waals surface area contributed by atoms with E-state index in [0.717, 1.165) is 11.1 Å². The van der Waals surface area contributed by atoms with Crippen LogP contribution >= 0.6 is 11.3 Å². The first-order chi connectivity index (χ1) is 15.5. The van der Waals surface area contributed by atoms with Gasteiger partial charge in [-0.25, -0.2) is 9.79 Å². The summed E-state index contributed by atoms with van der Waals surface area (Å²) in [5, 5.41) is 0. The lowest BCUT2D eigenvalue weighted by molar-refractivity contribution is -0.138. The van der Waals surface area contributed by atoms with Crippen LogP contribution < -0.4 is 19.6 Å². The van der Waals surface area contributed by atoms with E-state index in [-0.39, 0.29) is 12.2 Å². The minimum atomic E-state index is -0.660. The van der Waals surface area contributed by atoms with Crippen LogP contribution in [-0.2, 0) is 9.53 Å². The number of hydrogen-bond donors (Lipinski definition) is 0. The molecule has 1 aliphatic rings. The van der Waals surface area contributed by atoms with Gasteiger partial charge in [-0.15, -0.1) is 0 Å². The van der Waals surface area contributed by atoms with E-state index in [9.17, 15) is 9.59 Å². The van der Waals surface area contributed by atoms with E-state index in [4.69, 9.17) is 9.47 Å². The van der Waals surface area contributed by atoms with Crippen LogP contribution in [0.15, 0.2) is 88.3 Å². The second kappa shape index (κ2) is 9.20. The van der Waals surface area contributed by atoms with Crippen molar-refractivity contribution in [3.63, 3.8) is 0 Å². The van der Waals surface area contributed by atoms with Crippen LogP contribution in [0.5, 0.6) is 5.75 Å². The molecule has 2 aromatic carbocycles. The van der Waals surface area contributed by atoms with Crippen molar-refractivity contribution in [1.82, 2.24) is 4.57 Å². The van der Waals surface area contributed by atoms with E-state index < -0.39 is 12.0 Å². The van der Waals surface area contributed by atoms with Crippen molar-refractivity contribution in [3.05, 3.63) is 109 Å². The lowest BCUT2D eigenvalue weighted by Gasteiger charge is -2.24. The Morgan fingerprint density at radius 3 is 2.56 bits per heavy atom. The van der Waals surface area contributed by atoms with Crippen molar-refractivity contribution >= 4 is 23.4 Å². The molecule has 0 saturated heterocycles. The first kappa shape index (κ1) is 21.5. The number of hydrogen-bond acceptors (Lipinski definition) is 6. The summed E-state index contributed by atoms with van der Waals surface area (Å²) in [7, 11) is 1.59. The van der Waals surface area contributed by atoms with Crippen LogP contribution in [0.3, 0.4) is 0 Å². The molecule has 3 aromatic rings. The summed E-state index contributed by atoms with van der Waals surface area (Å²) in [4.78, 5) is 31.6. The van der Waals surface area contributed by atoms with E-state index in [0.29, 0.717) is 26.4 Å². The van der Waals surface area contributed by atoms with Crippen molar-refractivity contribution in [2.45, 2.75) is 13.0 Å². The van der Waals surface area contributed by atoms with Gasteiger partial charge in [0.05, 0.1) is 29.0 Å². The number of rotatable bonds is 6. The Kier molecular flexibility index (Phi) is 6.18. The SMILES string of the molecule is C=CCOC(=O)C1=C(C)N=c2s/c(=C/c3ccccc3)c(=O)n2[C@H]1c1ccc(OC)cc1. The molecule has 0 spiro atoms. The summed E-state index contributed by atoms with van der Waals surface area (Å²) in [6, 6.07) is 16.3. The molecule has 162 valence electrons. The highest BCUT2D eigenvalue weighted by Crippen LogP contribution is 2.31. The highest BCUT2D eigenvalue weighted by molar-refractivity contribution is 7.07. The van der Waals surface area contributed by atoms with Gasteiger partial charge >= 0.3 is 5.97 Å². The number of esters is 1. The summed E-state index contributed by atoms with van der Waals surface area (Å²) in [6.45, 7) is 5.43. The summed E-state index contributed by atoms with van der Waals surface area (Å²) in [5.41, 5.74) is 2.32. The average molecular weight is 447 g/mol. The molecular formula is C25H22N2O4S. The van der Waals surface area contributed by atoms with Gasteiger partial charge in [0.25, 0.3) is 5.56 Å². The molecule has 1 aromatic heterocycles. The van der Waals surface area contributed by atoms with Crippen molar-refractivity contribution in [3.8, 4) is 5.75 Å². The fourth-order valence-electron chi connectivity index (χ4n) is 3.60. The molecule has 0 radical (unpaired) electrons. The quantitative estimate of drug-likeness (QED) is 0.431. The molecular weight excluding hydrogens is 424 g/mol. The lowest BCUT2D eigenvalue weighted by atomic mass is 9.96. The van der Waals surface area contributed by atoms with E-state index in [1.807, 2.05) is 48.5 Å². The number of ether oxygens (including phenoxy) is 2. The summed E-state index contributed by atoms with van der Waals surface area (Å²) in [5.74, 6) is 0.158. The third-order valence-corrected chi connectivity index (χ3v) is 6.09. The Labute approximate surface area is 189 Å². The molecule has 0 saturated carbocycles. The van der Waals surface area contributed by atoms with Gasteiger partial charge in [0.15, 0.2) is 4.80 Å². The molecule has 6 nitrogen and oxygen atoms in total. The molecule has 0 amide bonds. The van der Waals surface area contributed by atoms with Crippen LogP contribution in [0.4, 0.5) is 0 Å². The predicted octanol–water partition coefficient (Wildman–Crippen LogP) is 2.97. The van der Waals surface area contributed by atoms with Gasteiger partial charge in [0, 0.05) is 0 Å². The third kappa shape index (κ3) is 4.07. The minimum absolute atomic E-state index is 0.0728. The molecule has 2 heterocycles. The zero-order chi connectivity index (χ0) is 22.7. The number of carbonyl (C=O) groups is 1. The summed E-state index contributed by atoms with van der Waals surface area (Å²) < 4.78 is 12.7. The number of thiazole rings is 1. The number of fused-ring (bicyclic) bond motifs is 1. The Morgan fingerprint density at radius 2 is 1.91 bits per heavy atom. The summed E-state index contributed by atoms with van der Waals surface area (Å²) in [6.07, 6.45) is 3.34. The van der Waals surface area contributed by atoms with Gasteiger partial charge in [0.1, 0.15) is 12.4 Å². The molecule has 0 aliphatic carbocycles. The predicted molar refractivity (Wildman–Crippen MR) is 124 cm³/mol. The molecule has 7 heteroatoms. The second-order valence-corrected chi connectivity index (χ2v) is 8.16. The number of allylic oxidation sites excluding steroid dienone is 1. The van der Waals surface area contributed by atoms with Crippen molar-refractivity contribution < 1.29 is 14.3 Å². The smallest absolute Gasteiger partial charge is 0.338 e. The maximum atomic E-state index is 13.5. The minimum Gasteiger partial charge on any atom is -0.497 e. The number of nitrogens with zero attached hydrogens (tertiary/aromatic N) is 2. The molecule has 4 rings (SSSR count). The van der Waals surface area contributed by atoms with Crippen molar-refractivity contribution in [2.24, 2.45) is 4.99 Å². The fraction of sp³-hybridized carbons (Fsp3) is 0.160. The molecule has 32 heavy (non-hydrogen) atoms. The molecule has 0 unspecified atom stereocenters. The maximum Gasteiger partial charge on any atom is 0.338 e. The van der Waals surface area contributed by atoms with Crippen LogP contribution in [0.2, 0.25) is 0 Å². The number of carbonyl (C=O) groups excluding carboxylic acids is 1. The van der Waals surface area contributed by atoms with Gasteiger partial charge in [-0.1, -0.05) is 66.5 Å². The van der Waals surface area contributed by atoms with Crippen LogP contribution in [0.25, 0.3) is 6.08 Å². The maximum absolute atomic E-state index is 13.5. The molecule has 1 atom stereocenters. The molecule has 0 N–H and O–H groups in total. The van der Waals surface area contributed by atoms with Crippen LogP contribution in [0, 0.1) is 0 Å². The second-order valence-electron chi connectivity index (χ2n) is 7.15. The molecule has 1 aliphatic heterocycles. The van der Waals surface area contributed by atoms with E-state index in [1.54, 1.807) is 30.7 Å². The fourth-order valence-corrected chi connectivity index (χ4v) is 4.64. The lowest BCUT2D eigenvalue weighted by Crippen LogP contribution is -2.39. The Hall–Kier alpha value is -3.71. The largest absolute Gasteiger partial charge is 0.497 e. The molecule has 0 bridgehead atoms. The number of benzene rings is 2. The van der Waals surface area contributed by atoms with Gasteiger partial charge in [0.2, 0.25) is 0 Å². The first-order valence-corrected chi connectivity index (χ1v) is 10.8. The third-order valence-electron chi connectivity index (χ3n) is 5.10. The van der Waals surface area contributed by atoms with Crippen LogP contribution in [-0.4, -0.2) is 24.3 Å². The van der Waals surface area contributed by atoms with Gasteiger partial charge in [-0.05, 0) is 36.3 Å². The zero-order valence-electron chi connectivity index (χ0n) is 17.8.